The summed E-state index contributed by atoms with van der Waals surface area (Å²) >= 11 is 0.819. The minimum absolute atomic E-state index is 0.410. The van der Waals surface area contributed by atoms with Gasteiger partial charge in [-0.15, -0.1) is 0 Å². The van der Waals surface area contributed by atoms with E-state index in [-0.39, 0.29) is 0 Å². The van der Waals surface area contributed by atoms with Crippen LogP contribution in [-0.2, 0) is 0 Å². The number of nitrogens with one attached hydrogen (secondary N) is 2. The van der Waals surface area contributed by atoms with Gasteiger partial charge in [-0.25, -0.2) is 0 Å². The summed E-state index contributed by atoms with van der Waals surface area (Å²) in [6.07, 6.45) is 0. The summed E-state index contributed by atoms with van der Waals surface area (Å²) < 4.78 is 2.29. The van der Waals surface area contributed by atoms with Gasteiger partial charge in [-0.05, 0) is 0 Å². The number of hydrogen-bond acceptors (Lipinski definition) is 2. The SMILES string of the molecule is c1ccc2[nH]c([Se]CC[Se]c3nc4ccccc4[nH]3)nc2c1. The van der Waals surface area contributed by atoms with Crippen LogP contribution in [0.25, 0.3) is 22.1 Å². The second kappa shape index (κ2) is 6.27. The Kier molecular flexibility index (Phi) is 4.00. The number of rotatable bonds is 5. The molecule has 2 heterocycles. The molecule has 4 nitrogen and oxygen atoms in total. The Hall–Kier alpha value is -1.58. The van der Waals surface area contributed by atoms with E-state index in [0.717, 1.165) is 31.5 Å². The molecule has 22 heavy (non-hydrogen) atoms. The zero-order chi connectivity index (χ0) is 14.8. The molecule has 0 aliphatic heterocycles. The normalized spacial score (nSPS) is 11.5. The van der Waals surface area contributed by atoms with Gasteiger partial charge in [0.2, 0.25) is 0 Å². The number of benzene rings is 2. The Balaban J connectivity index is 1.35. The van der Waals surface area contributed by atoms with Gasteiger partial charge in [0.1, 0.15) is 0 Å². The predicted molar refractivity (Wildman–Crippen MR) is 92.6 cm³/mol. The van der Waals surface area contributed by atoms with Gasteiger partial charge in [-0.3, -0.25) is 0 Å². The summed E-state index contributed by atoms with van der Waals surface area (Å²) in [6.45, 7) is 0. The quantitative estimate of drug-likeness (QED) is 0.381. The van der Waals surface area contributed by atoms with Crippen molar-refractivity contribution >= 4 is 61.4 Å². The van der Waals surface area contributed by atoms with E-state index < -0.39 is 0 Å². The summed E-state index contributed by atoms with van der Waals surface area (Å²) in [6, 6.07) is 16.4. The topological polar surface area (TPSA) is 57.4 Å². The fourth-order valence-corrected chi connectivity index (χ4v) is 6.70. The average Bonchev–Trinajstić information content (AvgIpc) is 3.14. The molecule has 110 valence electrons. The van der Waals surface area contributed by atoms with Gasteiger partial charge in [0, 0.05) is 0 Å². The molecule has 0 saturated heterocycles. The van der Waals surface area contributed by atoms with Gasteiger partial charge in [0.25, 0.3) is 0 Å². The fraction of sp³-hybridized carbons (Fsp3) is 0.125. The third-order valence-electron chi connectivity index (χ3n) is 3.30. The van der Waals surface area contributed by atoms with Crippen molar-refractivity contribution in [2.24, 2.45) is 0 Å². The molecule has 0 spiro atoms. The van der Waals surface area contributed by atoms with Crippen LogP contribution in [0.3, 0.4) is 0 Å². The third kappa shape index (κ3) is 2.96. The van der Waals surface area contributed by atoms with Crippen LogP contribution >= 0.6 is 0 Å². The summed E-state index contributed by atoms with van der Waals surface area (Å²) in [5.41, 5.74) is 4.42. The van der Waals surface area contributed by atoms with E-state index in [4.69, 9.17) is 0 Å². The van der Waals surface area contributed by atoms with Crippen LogP contribution in [0.2, 0.25) is 10.6 Å². The molecule has 4 rings (SSSR count). The molecule has 0 aliphatic rings. The second-order valence-electron chi connectivity index (χ2n) is 4.82. The number of aromatic amines is 2. The average molecular weight is 420 g/mol. The summed E-state index contributed by atoms with van der Waals surface area (Å²) in [5.74, 6) is 0. The van der Waals surface area contributed by atoms with Gasteiger partial charge >= 0.3 is 141 Å². The van der Waals surface area contributed by atoms with E-state index in [1.165, 1.54) is 10.6 Å². The van der Waals surface area contributed by atoms with Crippen molar-refractivity contribution in [3.8, 4) is 0 Å². The van der Waals surface area contributed by atoms with Crippen molar-refractivity contribution in [1.29, 1.82) is 0 Å². The zero-order valence-corrected chi connectivity index (χ0v) is 15.2. The van der Waals surface area contributed by atoms with Gasteiger partial charge in [-0.2, -0.15) is 0 Å². The number of para-hydroxylation sites is 4. The van der Waals surface area contributed by atoms with E-state index >= 15 is 0 Å². The van der Waals surface area contributed by atoms with E-state index in [2.05, 4.69) is 44.2 Å². The molecule has 2 N–H and O–H groups in total. The van der Waals surface area contributed by atoms with Gasteiger partial charge in [-0.1, -0.05) is 0 Å². The van der Waals surface area contributed by atoms with Crippen molar-refractivity contribution in [3.63, 3.8) is 0 Å². The number of aromatic nitrogens is 4. The van der Waals surface area contributed by atoms with Crippen molar-refractivity contribution in [3.05, 3.63) is 48.5 Å². The van der Waals surface area contributed by atoms with Crippen LogP contribution in [0, 0.1) is 0 Å². The van der Waals surface area contributed by atoms with Crippen molar-refractivity contribution in [1.82, 2.24) is 19.9 Å². The van der Waals surface area contributed by atoms with Crippen LogP contribution < -0.4 is 9.45 Å². The second-order valence-corrected chi connectivity index (χ2v) is 9.36. The Morgan fingerprint density at radius 3 is 1.59 bits per heavy atom. The van der Waals surface area contributed by atoms with Crippen LogP contribution in [0.1, 0.15) is 0 Å². The number of hydrogen-bond donors (Lipinski definition) is 2. The van der Waals surface area contributed by atoms with Gasteiger partial charge in [0.15, 0.2) is 0 Å². The molecule has 0 radical (unpaired) electrons. The number of nitrogens with zero attached hydrogens (tertiary/aromatic N) is 2. The molecule has 2 aromatic heterocycles. The monoisotopic (exact) mass is 422 g/mol. The number of fused-ring (bicyclic) bond motifs is 2. The molecule has 0 fully saturated rings. The molecule has 0 saturated carbocycles. The molecule has 0 bridgehead atoms. The Morgan fingerprint density at radius 1 is 0.682 bits per heavy atom. The zero-order valence-electron chi connectivity index (χ0n) is 11.7. The molecule has 0 amide bonds. The maximum absolute atomic E-state index is 4.65. The molecule has 0 unspecified atom stereocenters. The number of H-pyrrole nitrogens is 2. The molecular formula is C16H14N4Se2. The minimum atomic E-state index is 0.410. The van der Waals surface area contributed by atoms with E-state index in [9.17, 15) is 0 Å². The van der Waals surface area contributed by atoms with Crippen molar-refractivity contribution in [2.45, 2.75) is 10.6 Å². The molecule has 4 aromatic rings. The third-order valence-corrected chi connectivity index (χ3v) is 8.28. The first-order chi connectivity index (χ1) is 10.9. The van der Waals surface area contributed by atoms with Crippen LogP contribution in [0.4, 0.5) is 0 Å². The molecule has 0 atom stereocenters. The van der Waals surface area contributed by atoms with Gasteiger partial charge < -0.3 is 0 Å². The first kappa shape index (κ1) is 14.0. The van der Waals surface area contributed by atoms with E-state index in [1.54, 1.807) is 0 Å². The standard InChI is InChI=1S/C16H14N4Se2/c1-2-6-12-11(5-1)17-15(18-12)21-9-10-22-16-19-13-7-3-4-8-14(13)20-16/h1-8H,9-10H2,(H,17,18)(H,19,20). The van der Waals surface area contributed by atoms with Crippen LogP contribution in [-0.4, -0.2) is 49.8 Å². The summed E-state index contributed by atoms with van der Waals surface area (Å²) in [5, 5.41) is 2.40. The first-order valence-corrected chi connectivity index (χ1v) is 11.2. The predicted octanol–water partition coefficient (Wildman–Crippen LogP) is 1.63. The molecular weight excluding hydrogens is 406 g/mol. The van der Waals surface area contributed by atoms with Crippen molar-refractivity contribution in [2.75, 3.05) is 0 Å². The summed E-state index contributed by atoms with van der Waals surface area (Å²) in [4.78, 5) is 16.1. The summed E-state index contributed by atoms with van der Waals surface area (Å²) in [7, 11) is 0. The van der Waals surface area contributed by atoms with Gasteiger partial charge in [0.05, 0.1) is 0 Å². The van der Waals surface area contributed by atoms with E-state index in [0.29, 0.717) is 29.9 Å². The van der Waals surface area contributed by atoms with E-state index in [1.807, 2.05) is 24.3 Å². The maximum atomic E-state index is 4.65. The Morgan fingerprint density at radius 2 is 1.14 bits per heavy atom. The van der Waals surface area contributed by atoms with Crippen LogP contribution in [0.5, 0.6) is 0 Å². The molecule has 0 aliphatic carbocycles. The fourth-order valence-electron chi connectivity index (χ4n) is 2.27. The van der Waals surface area contributed by atoms with Crippen LogP contribution in [0.15, 0.2) is 48.5 Å². The Bertz CT molecular complexity index is 770. The molecule has 6 heteroatoms. The van der Waals surface area contributed by atoms with Crippen molar-refractivity contribution < 1.29 is 0 Å². The molecule has 2 aromatic carbocycles. The first-order valence-electron chi connectivity index (χ1n) is 7.03. The number of imidazole rings is 2. The Labute approximate surface area is 140 Å².